The number of rotatable bonds is 2. The molecule has 0 aromatic heterocycles. The van der Waals surface area contributed by atoms with Crippen LogP contribution in [0, 0.1) is 5.41 Å². The van der Waals surface area contributed by atoms with Crippen molar-refractivity contribution in [2.75, 3.05) is 18.0 Å². The predicted octanol–water partition coefficient (Wildman–Crippen LogP) is 2.64. The van der Waals surface area contributed by atoms with Crippen LogP contribution in [-0.2, 0) is 4.79 Å². The van der Waals surface area contributed by atoms with Gasteiger partial charge in [-0.3, -0.25) is 4.79 Å². The van der Waals surface area contributed by atoms with Gasteiger partial charge in [-0.2, -0.15) is 0 Å². The first-order valence-electron chi connectivity index (χ1n) is 5.26. The number of para-hydroxylation sites is 1. The maximum absolute atomic E-state index is 11.1. The lowest BCUT2D eigenvalue weighted by Gasteiger charge is -2.22. The number of halogens is 1. The van der Waals surface area contributed by atoms with Gasteiger partial charge in [0.2, 0.25) is 0 Å². The number of carboxylic acid groups (broad SMARTS) is 1. The third kappa shape index (κ3) is 1.87. The Labute approximate surface area is 99.6 Å². The van der Waals surface area contributed by atoms with Crippen LogP contribution in [0.3, 0.4) is 0 Å². The minimum Gasteiger partial charge on any atom is -0.481 e. The van der Waals surface area contributed by atoms with Crippen LogP contribution in [0.1, 0.15) is 13.3 Å². The molecule has 1 N–H and O–H groups in total. The fourth-order valence-corrected chi connectivity index (χ4v) is 2.30. The van der Waals surface area contributed by atoms with Crippen LogP contribution in [0.15, 0.2) is 24.3 Å². The SMILES string of the molecule is CC1(C(=O)O)CCN(c2ccccc2Cl)C1. The van der Waals surface area contributed by atoms with Crippen LogP contribution in [0.4, 0.5) is 5.69 Å². The molecule has 0 saturated carbocycles. The normalized spacial score (nSPS) is 24.8. The zero-order valence-electron chi connectivity index (χ0n) is 9.11. The molecule has 2 rings (SSSR count). The van der Waals surface area contributed by atoms with E-state index >= 15 is 0 Å². The van der Waals surface area contributed by atoms with Crippen LogP contribution < -0.4 is 4.90 Å². The fraction of sp³-hybridized carbons (Fsp3) is 0.417. The Kier molecular flexibility index (Phi) is 2.80. The van der Waals surface area contributed by atoms with Gasteiger partial charge in [-0.1, -0.05) is 23.7 Å². The van der Waals surface area contributed by atoms with Gasteiger partial charge in [0, 0.05) is 13.1 Å². The van der Waals surface area contributed by atoms with Crippen molar-refractivity contribution in [1.82, 2.24) is 0 Å². The zero-order valence-corrected chi connectivity index (χ0v) is 9.87. The van der Waals surface area contributed by atoms with E-state index in [0.29, 0.717) is 18.0 Å². The number of nitrogens with zero attached hydrogens (tertiary/aromatic N) is 1. The molecule has 3 nitrogen and oxygen atoms in total. The summed E-state index contributed by atoms with van der Waals surface area (Å²) in [4.78, 5) is 13.2. The molecule has 1 heterocycles. The Balaban J connectivity index is 2.22. The second-order valence-electron chi connectivity index (χ2n) is 4.49. The molecule has 1 aromatic rings. The van der Waals surface area contributed by atoms with E-state index in [1.54, 1.807) is 6.92 Å². The molecule has 1 atom stereocenters. The molecule has 1 aromatic carbocycles. The van der Waals surface area contributed by atoms with Crippen LogP contribution >= 0.6 is 11.6 Å². The van der Waals surface area contributed by atoms with E-state index in [4.69, 9.17) is 16.7 Å². The van der Waals surface area contributed by atoms with Crippen molar-refractivity contribution in [3.8, 4) is 0 Å². The smallest absolute Gasteiger partial charge is 0.311 e. The van der Waals surface area contributed by atoms with Gasteiger partial charge in [0.25, 0.3) is 0 Å². The van der Waals surface area contributed by atoms with Gasteiger partial charge in [-0.15, -0.1) is 0 Å². The second-order valence-corrected chi connectivity index (χ2v) is 4.90. The third-order valence-corrected chi connectivity index (χ3v) is 3.50. The quantitative estimate of drug-likeness (QED) is 0.863. The summed E-state index contributed by atoms with van der Waals surface area (Å²) in [7, 11) is 0. The van der Waals surface area contributed by atoms with Gasteiger partial charge in [0.1, 0.15) is 0 Å². The minimum absolute atomic E-state index is 0.520. The molecule has 0 bridgehead atoms. The molecule has 1 unspecified atom stereocenters. The summed E-state index contributed by atoms with van der Waals surface area (Å²) in [5.41, 5.74) is 0.272. The van der Waals surface area contributed by atoms with Crippen LogP contribution in [-0.4, -0.2) is 24.2 Å². The predicted molar refractivity (Wildman–Crippen MR) is 64.0 cm³/mol. The third-order valence-electron chi connectivity index (χ3n) is 3.18. The zero-order chi connectivity index (χ0) is 11.8. The summed E-state index contributed by atoms with van der Waals surface area (Å²) in [5.74, 6) is -0.734. The molecule has 0 radical (unpaired) electrons. The van der Waals surface area contributed by atoms with Crippen molar-refractivity contribution in [3.63, 3.8) is 0 Å². The summed E-state index contributed by atoms with van der Waals surface area (Å²) in [6.07, 6.45) is 0.660. The van der Waals surface area contributed by atoms with Crippen molar-refractivity contribution >= 4 is 23.3 Å². The van der Waals surface area contributed by atoms with Crippen molar-refractivity contribution in [2.24, 2.45) is 5.41 Å². The number of hydrogen-bond donors (Lipinski definition) is 1. The monoisotopic (exact) mass is 239 g/mol. The molecule has 1 aliphatic rings. The average molecular weight is 240 g/mol. The highest BCUT2D eigenvalue weighted by molar-refractivity contribution is 6.33. The van der Waals surface area contributed by atoms with Crippen molar-refractivity contribution < 1.29 is 9.90 Å². The molecular weight excluding hydrogens is 226 g/mol. The molecule has 86 valence electrons. The van der Waals surface area contributed by atoms with Crippen molar-refractivity contribution in [2.45, 2.75) is 13.3 Å². The molecule has 0 aliphatic carbocycles. The van der Waals surface area contributed by atoms with Crippen molar-refractivity contribution in [1.29, 1.82) is 0 Å². The molecule has 4 heteroatoms. The lowest BCUT2D eigenvalue weighted by molar-refractivity contribution is -0.146. The highest BCUT2D eigenvalue weighted by Crippen LogP contribution is 2.36. The van der Waals surface area contributed by atoms with Crippen LogP contribution in [0.2, 0.25) is 5.02 Å². The number of hydrogen-bond acceptors (Lipinski definition) is 2. The van der Waals surface area contributed by atoms with E-state index in [2.05, 4.69) is 0 Å². The minimum atomic E-state index is -0.734. The molecule has 0 spiro atoms. The molecule has 1 fully saturated rings. The first-order chi connectivity index (χ1) is 7.53. The van der Waals surface area contributed by atoms with Gasteiger partial charge >= 0.3 is 5.97 Å². The summed E-state index contributed by atoms with van der Waals surface area (Å²) in [6, 6.07) is 7.54. The summed E-state index contributed by atoms with van der Waals surface area (Å²) < 4.78 is 0. The molecular formula is C12H14ClNO2. The van der Waals surface area contributed by atoms with E-state index in [1.807, 2.05) is 29.2 Å². The lowest BCUT2D eigenvalue weighted by atomic mass is 9.90. The fourth-order valence-electron chi connectivity index (χ4n) is 2.05. The molecule has 0 amide bonds. The maximum atomic E-state index is 11.1. The number of benzene rings is 1. The van der Waals surface area contributed by atoms with Gasteiger partial charge < -0.3 is 10.0 Å². The summed E-state index contributed by atoms with van der Waals surface area (Å²) in [6.45, 7) is 3.05. The molecule has 16 heavy (non-hydrogen) atoms. The first-order valence-corrected chi connectivity index (χ1v) is 5.64. The number of aliphatic carboxylic acids is 1. The molecule has 1 aliphatic heterocycles. The number of carbonyl (C=O) groups is 1. The van der Waals surface area contributed by atoms with E-state index in [9.17, 15) is 4.79 Å². The second kappa shape index (κ2) is 3.98. The largest absolute Gasteiger partial charge is 0.481 e. The Bertz CT molecular complexity index is 421. The van der Waals surface area contributed by atoms with Crippen LogP contribution in [0.25, 0.3) is 0 Å². The highest BCUT2D eigenvalue weighted by Gasteiger charge is 2.40. The number of anilines is 1. The summed E-state index contributed by atoms with van der Waals surface area (Å²) in [5, 5.41) is 9.82. The topological polar surface area (TPSA) is 40.5 Å². The van der Waals surface area contributed by atoms with Gasteiger partial charge in [0.15, 0.2) is 0 Å². The van der Waals surface area contributed by atoms with Gasteiger partial charge in [0.05, 0.1) is 16.1 Å². The van der Waals surface area contributed by atoms with E-state index in [1.165, 1.54) is 0 Å². The van der Waals surface area contributed by atoms with E-state index in [0.717, 1.165) is 12.2 Å². The molecule has 1 saturated heterocycles. The standard InChI is InChI=1S/C12H14ClNO2/c1-12(11(15)16)6-7-14(8-12)10-5-3-2-4-9(10)13/h2-5H,6-8H2,1H3,(H,15,16). The Morgan fingerprint density at radius 2 is 2.19 bits per heavy atom. The lowest BCUT2D eigenvalue weighted by Crippen LogP contribution is -2.31. The Hall–Kier alpha value is -1.22. The highest BCUT2D eigenvalue weighted by atomic mass is 35.5. The Morgan fingerprint density at radius 3 is 2.75 bits per heavy atom. The Morgan fingerprint density at radius 1 is 1.50 bits per heavy atom. The van der Waals surface area contributed by atoms with Crippen LogP contribution in [0.5, 0.6) is 0 Å². The summed E-state index contributed by atoms with van der Waals surface area (Å²) >= 11 is 6.09. The number of carboxylic acids is 1. The first kappa shape index (κ1) is 11.3. The van der Waals surface area contributed by atoms with E-state index in [-0.39, 0.29) is 0 Å². The maximum Gasteiger partial charge on any atom is 0.311 e. The van der Waals surface area contributed by atoms with Gasteiger partial charge in [-0.25, -0.2) is 0 Å². The average Bonchev–Trinajstić information content (AvgIpc) is 2.63. The van der Waals surface area contributed by atoms with Crippen molar-refractivity contribution in [3.05, 3.63) is 29.3 Å². The van der Waals surface area contributed by atoms with Gasteiger partial charge in [-0.05, 0) is 25.5 Å². The van der Waals surface area contributed by atoms with E-state index < -0.39 is 11.4 Å².